The molecular formula is C22H27N3O3. The van der Waals surface area contributed by atoms with Gasteiger partial charge in [0.15, 0.2) is 0 Å². The molecule has 2 amide bonds. The Kier molecular flexibility index (Phi) is 7.03. The highest BCUT2D eigenvalue weighted by Gasteiger charge is 2.16. The van der Waals surface area contributed by atoms with E-state index in [0.717, 1.165) is 19.5 Å². The van der Waals surface area contributed by atoms with Gasteiger partial charge in [0.05, 0.1) is 18.4 Å². The lowest BCUT2D eigenvalue weighted by Gasteiger charge is -2.22. The van der Waals surface area contributed by atoms with E-state index in [4.69, 9.17) is 4.74 Å². The van der Waals surface area contributed by atoms with E-state index < -0.39 is 0 Å². The number of hydrogen-bond acceptors (Lipinski definition) is 4. The molecule has 2 aromatic carbocycles. The summed E-state index contributed by atoms with van der Waals surface area (Å²) in [6, 6.07) is 13.9. The molecule has 0 aromatic heterocycles. The summed E-state index contributed by atoms with van der Waals surface area (Å²) in [5, 5.41) is 9.20. The van der Waals surface area contributed by atoms with Crippen LogP contribution in [0.1, 0.15) is 40.0 Å². The summed E-state index contributed by atoms with van der Waals surface area (Å²) in [7, 11) is 1.58. The number of methoxy groups -OCH3 is 1. The van der Waals surface area contributed by atoms with Gasteiger partial charge in [-0.1, -0.05) is 12.1 Å². The maximum Gasteiger partial charge on any atom is 0.255 e. The van der Waals surface area contributed by atoms with Crippen LogP contribution >= 0.6 is 0 Å². The van der Waals surface area contributed by atoms with Gasteiger partial charge in [0.25, 0.3) is 11.8 Å². The summed E-state index contributed by atoms with van der Waals surface area (Å²) in [5.74, 6) is 0.856. The van der Waals surface area contributed by atoms with Crippen LogP contribution < -0.4 is 20.7 Å². The largest absolute Gasteiger partial charge is 0.497 e. The van der Waals surface area contributed by atoms with Gasteiger partial charge in [0.2, 0.25) is 0 Å². The zero-order valence-corrected chi connectivity index (χ0v) is 16.2. The first kappa shape index (κ1) is 19.9. The van der Waals surface area contributed by atoms with Crippen molar-refractivity contribution in [3.8, 4) is 5.75 Å². The van der Waals surface area contributed by atoms with E-state index in [-0.39, 0.29) is 11.8 Å². The molecule has 1 fully saturated rings. The molecule has 148 valence electrons. The predicted molar refractivity (Wildman–Crippen MR) is 110 cm³/mol. The fraction of sp³-hybridized carbons (Fsp3) is 0.364. The molecule has 3 rings (SSSR count). The van der Waals surface area contributed by atoms with Crippen molar-refractivity contribution in [2.75, 3.05) is 32.1 Å². The Morgan fingerprint density at radius 2 is 1.89 bits per heavy atom. The number of para-hydroxylation sites is 1. The lowest BCUT2D eigenvalue weighted by Crippen LogP contribution is -2.33. The van der Waals surface area contributed by atoms with Crippen LogP contribution in [0.4, 0.5) is 5.69 Å². The van der Waals surface area contributed by atoms with E-state index in [9.17, 15) is 9.59 Å². The van der Waals surface area contributed by atoms with Gasteiger partial charge >= 0.3 is 0 Å². The highest BCUT2D eigenvalue weighted by atomic mass is 16.5. The Hall–Kier alpha value is -2.86. The summed E-state index contributed by atoms with van der Waals surface area (Å²) < 4.78 is 5.11. The lowest BCUT2D eigenvalue weighted by molar-refractivity contribution is 0.0951. The molecule has 6 nitrogen and oxygen atoms in total. The second kappa shape index (κ2) is 9.90. The summed E-state index contributed by atoms with van der Waals surface area (Å²) in [6.07, 6.45) is 3.36. The van der Waals surface area contributed by atoms with Gasteiger partial charge in [0.1, 0.15) is 5.75 Å². The standard InChI is InChI=1S/C22H27N3O3/c1-28-18-10-8-17(9-11-18)21(26)25-20-7-3-2-6-19(20)22(27)24-14-12-16-5-4-13-23-15-16/h2-3,6-11,16,23H,4-5,12-15H2,1H3,(H,24,27)(H,25,26). The first-order chi connectivity index (χ1) is 13.7. The molecule has 1 atom stereocenters. The SMILES string of the molecule is COc1ccc(C(=O)Nc2ccccc2C(=O)NCCC2CCCNC2)cc1. The van der Waals surface area contributed by atoms with E-state index >= 15 is 0 Å². The number of carbonyl (C=O) groups is 2. The van der Waals surface area contributed by atoms with Crippen molar-refractivity contribution < 1.29 is 14.3 Å². The van der Waals surface area contributed by atoms with Crippen LogP contribution in [-0.2, 0) is 0 Å². The lowest BCUT2D eigenvalue weighted by atomic mass is 9.96. The van der Waals surface area contributed by atoms with Gasteiger partial charge in [-0.2, -0.15) is 0 Å². The van der Waals surface area contributed by atoms with Crippen molar-refractivity contribution in [3.63, 3.8) is 0 Å². The summed E-state index contributed by atoms with van der Waals surface area (Å²) in [4.78, 5) is 25.1. The summed E-state index contributed by atoms with van der Waals surface area (Å²) >= 11 is 0. The number of hydrogen-bond donors (Lipinski definition) is 3. The van der Waals surface area contributed by atoms with Gasteiger partial charge in [-0.3, -0.25) is 9.59 Å². The minimum Gasteiger partial charge on any atom is -0.497 e. The fourth-order valence-corrected chi connectivity index (χ4v) is 3.38. The van der Waals surface area contributed by atoms with Crippen LogP contribution in [0.15, 0.2) is 48.5 Å². The van der Waals surface area contributed by atoms with E-state index in [1.807, 2.05) is 0 Å². The first-order valence-corrected chi connectivity index (χ1v) is 9.70. The average Bonchev–Trinajstić information content (AvgIpc) is 2.75. The quantitative estimate of drug-likeness (QED) is 0.689. The molecule has 1 unspecified atom stereocenters. The normalized spacial score (nSPS) is 16.2. The third-order valence-corrected chi connectivity index (χ3v) is 5.01. The van der Waals surface area contributed by atoms with Gasteiger partial charge in [0, 0.05) is 12.1 Å². The molecule has 1 aliphatic rings. The summed E-state index contributed by atoms with van der Waals surface area (Å²) in [5.41, 5.74) is 1.46. The zero-order chi connectivity index (χ0) is 19.8. The number of benzene rings is 2. The number of rotatable bonds is 7. The molecule has 0 saturated carbocycles. The van der Waals surface area contributed by atoms with Gasteiger partial charge in [-0.25, -0.2) is 0 Å². The van der Waals surface area contributed by atoms with Crippen LogP contribution in [0.5, 0.6) is 5.75 Å². The smallest absolute Gasteiger partial charge is 0.255 e. The van der Waals surface area contributed by atoms with Gasteiger partial charge in [-0.05, 0) is 74.7 Å². The number of piperidine rings is 1. The zero-order valence-electron chi connectivity index (χ0n) is 16.2. The monoisotopic (exact) mass is 381 g/mol. The van der Waals surface area contributed by atoms with Crippen molar-refractivity contribution in [2.24, 2.45) is 5.92 Å². The Morgan fingerprint density at radius 3 is 2.61 bits per heavy atom. The first-order valence-electron chi connectivity index (χ1n) is 9.70. The molecule has 0 aliphatic carbocycles. The Morgan fingerprint density at radius 1 is 1.11 bits per heavy atom. The molecule has 3 N–H and O–H groups in total. The van der Waals surface area contributed by atoms with E-state index in [2.05, 4.69) is 16.0 Å². The molecule has 0 bridgehead atoms. The molecular weight excluding hydrogens is 354 g/mol. The topological polar surface area (TPSA) is 79.5 Å². The van der Waals surface area contributed by atoms with E-state index in [0.29, 0.717) is 35.0 Å². The van der Waals surface area contributed by atoms with Crippen LogP contribution in [0, 0.1) is 5.92 Å². The van der Waals surface area contributed by atoms with E-state index in [1.165, 1.54) is 12.8 Å². The van der Waals surface area contributed by atoms with E-state index in [1.54, 1.807) is 55.6 Å². The van der Waals surface area contributed by atoms with Crippen LogP contribution in [0.25, 0.3) is 0 Å². The molecule has 2 aromatic rings. The molecule has 6 heteroatoms. The number of anilines is 1. The van der Waals surface area contributed by atoms with Crippen LogP contribution in [-0.4, -0.2) is 38.6 Å². The third kappa shape index (κ3) is 5.33. The highest BCUT2D eigenvalue weighted by molar-refractivity contribution is 6.09. The fourth-order valence-electron chi connectivity index (χ4n) is 3.38. The van der Waals surface area contributed by atoms with Gasteiger partial charge < -0.3 is 20.7 Å². The third-order valence-electron chi connectivity index (χ3n) is 5.01. The number of amides is 2. The second-order valence-corrected chi connectivity index (χ2v) is 6.99. The maximum atomic E-state index is 12.6. The van der Waals surface area contributed by atoms with Crippen molar-refractivity contribution in [3.05, 3.63) is 59.7 Å². The average molecular weight is 381 g/mol. The second-order valence-electron chi connectivity index (χ2n) is 6.99. The number of carbonyl (C=O) groups excluding carboxylic acids is 2. The van der Waals surface area contributed by atoms with Crippen LogP contribution in [0.2, 0.25) is 0 Å². The highest BCUT2D eigenvalue weighted by Crippen LogP contribution is 2.18. The molecule has 1 heterocycles. The minimum absolute atomic E-state index is 0.172. The number of nitrogens with one attached hydrogen (secondary N) is 3. The Labute approximate surface area is 165 Å². The summed E-state index contributed by atoms with van der Waals surface area (Å²) in [6.45, 7) is 2.74. The molecule has 0 spiro atoms. The Bertz CT molecular complexity index is 799. The predicted octanol–water partition coefficient (Wildman–Crippen LogP) is 3.07. The van der Waals surface area contributed by atoms with Crippen LogP contribution in [0.3, 0.4) is 0 Å². The Balaban J connectivity index is 1.59. The molecule has 1 aliphatic heterocycles. The molecule has 28 heavy (non-hydrogen) atoms. The van der Waals surface area contributed by atoms with Crippen molar-refractivity contribution in [1.82, 2.24) is 10.6 Å². The van der Waals surface area contributed by atoms with Gasteiger partial charge in [-0.15, -0.1) is 0 Å². The van der Waals surface area contributed by atoms with Crippen molar-refractivity contribution in [2.45, 2.75) is 19.3 Å². The molecule has 1 saturated heterocycles. The van der Waals surface area contributed by atoms with Crippen molar-refractivity contribution in [1.29, 1.82) is 0 Å². The minimum atomic E-state index is -0.267. The maximum absolute atomic E-state index is 12.6. The molecule has 0 radical (unpaired) electrons. The van der Waals surface area contributed by atoms with Crippen molar-refractivity contribution >= 4 is 17.5 Å². The number of ether oxygens (including phenoxy) is 1.